The van der Waals surface area contributed by atoms with Crippen molar-refractivity contribution >= 4 is 17.2 Å². The molecule has 0 saturated carbocycles. The molecule has 4 nitrogen and oxygen atoms in total. The monoisotopic (exact) mass is 295 g/mol. The van der Waals surface area contributed by atoms with E-state index in [0.717, 1.165) is 48.1 Å². The Balaban J connectivity index is 2.09. The molecule has 1 N–H and O–H groups in total. The van der Waals surface area contributed by atoms with Crippen LogP contribution in [0.1, 0.15) is 40.6 Å². The molecule has 1 aromatic heterocycles. The number of hydrogen-bond acceptors (Lipinski definition) is 4. The maximum Gasteiger partial charge on any atom is 0.265 e. The predicted molar refractivity (Wildman–Crippen MR) is 83.3 cm³/mol. The Morgan fingerprint density at radius 1 is 1.55 bits per heavy atom. The molecule has 2 heterocycles. The van der Waals surface area contributed by atoms with E-state index >= 15 is 0 Å². The fraction of sp³-hybridized carbons (Fsp3) is 0.733. The summed E-state index contributed by atoms with van der Waals surface area (Å²) < 4.78 is 0. The maximum absolute atomic E-state index is 12.7. The Morgan fingerprint density at radius 2 is 2.30 bits per heavy atom. The molecule has 1 saturated heterocycles. The minimum atomic E-state index is 0.185. The molecule has 112 valence electrons. The highest BCUT2D eigenvalue weighted by molar-refractivity contribution is 7.13. The van der Waals surface area contributed by atoms with E-state index in [2.05, 4.69) is 24.1 Å². The number of aromatic nitrogens is 1. The summed E-state index contributed by atoms with van der Waals surface area (Å²) in [6, 6.07) is 0. The van der Waals surface area contributed by atoms with Crippen LogP contribution in [-0.4, -0.2) is 42.5 Å². The van der Waals surface area contributed by atoms with Gasteiger partial charge >= 0.3 is 0 Å². The third kappa shape index (κ3) is 3.58. The number of nitrogens with one attached hydrogen (secondary N) is 1. The molecule has 20 heavy (non-hydrogen) atoms. The van der Waals surface area contributed by atoms with Crippen molar-refractivity contribution in [3.63, 3.8) is 0 Å². The van der Waals surface area contributed by atoms with E-state index in [9.17, 15) is 4.79 Å². The molecule has 5 heteroatoms. The number of rotatable bonds is 5. The average molecular weight is 295 g/mol. The van der Waals surface area contributed by atoms with E-state index in [-0.39, 0.29) is 5.91 Å². The zero-order valence-corrected chi connectivity index (χ0v) is 13.7. The molecular weight excluding hydrogens is 270 g/mol. The normalized spacial score (nSPS) is 19.1. The van der Waals surface area contributed by atoms with E-state index in [0.29, 0.717) is 11.8 Å². The second kappa shape index (κ2) is 6.68. The Morgan fingerprint density at radius 3 is 2.95 bits per heavy atom. The number of carbonyl (C=O) groups is 1. The summed E-state index contributed by atoms with van der Waals surface area (Å²) in [7, 11) is 1.97. The van der Waals surface area contributed by atoms with Gasteiger partial charge in [-0.2, -0.15) is 0 Å². The summed E-state index contributed by atoms with van der Waals surface area (Å²) in [5.41, 5.74) is 0.990. The van der Waals surface area contributed by atoms with E-state index in [4.69, 9.17) is 0 Å². The smallest absolute Gasteiger partial charge is 0.265 e. The molecule has 0 spiro atoms. The van der Waals surface area contributed by atoms with Gasteiger partial charge in [-0.25, -0.2) is 4.98 Å². The summed E-state index contributed by atoms with van der Waals surface area (Å²) >= 11 is 1.55. The molecule has 0 radical (unpaired) electrons. The molecule has 0 aliphatic carbocycles. The molecule has 1 aliphatic heterocycles. The number of thiazole rings is 1. The van der Waals surface area contributed by atoms with Crippen LogP contribution in [0.25, 0.3) is 0 Å². The summed E-state index contributed by atoms with van der Waals surface area (Å²) in [4.78, 5) is 20.1. The van der Waals surface area contributed by atoms with Crippen molar-refractivity contribution < 1.29 is 4.79 Å². The van der Waals surface area contributed by atoms with Crippen LogP contribution < -0.4 is 5.32 Å². The lowest BCUT2D eigenvalue weighted by Crippen LogP contribution is -2.30. The van der Waals surface area contributed by atoms with Gasteiger partial charge in [-0.3, -0.25) is 4.79 Å². The second-order valence-electron chi connectivity index (χ2n) is 6.07. The largest absolute Gasteiger partial charge is 0.338 e. The summed E-state index contributed by atoms with van der Waals surface area (Å²) in [6.45, 7) is 9.06. The Labute approximate surface area is 125 Å². The topological polar surface area (TPSA) is 45.2 Å². The highest BCUT2D eigenvalue weighted by atomic mass is 32.1. The first-order valence-corrected chi connectivity index (χ1v) is 8.23. The SMILES string of the molecule is CNCC1CCN(C(=O)c2sc(C)nc2CC(C)C)C1. The first kappa shape index (κ1) is 15.4. The zero-order valence-electron chi connectivity index (χ0n) is 12.9. The van der Waals surface area contributed by atoms with Crippen LogP contribution in [0.4, 0.5) is 0 Å². The van der Waals surface area contributed by atoms with Gasteiger partial charge in [-0.05, 0) is 45.2 Å². The number of carbonyl (C=O) groups excluding carboxylic acids is 1. The lowest BCUT2D eigenvalue weighted by Gasteiger charge is -2.16. The van der Waals surface area contributed by atoms with Crippen LogP contribution in [0.15, 0.2) is 0 Å². The minimum Gasteiger partial charge on any atom is -0.338 e. The number of likely N-dealkylation sites (tertiary alicyclic amines) is 1. The van der Waals surface area contributed by atoms with Gasteiger partial charge < -0.3 is 10.2 Å². The van der Waals surface area contributed by atoms with Crippen LogP contribution in [-0.2, 0) is 6.42 Å². The standard InChI is InChI=1S/C15H25N3OS/c1-10(2)7-13-14(20-11(3)17-13)15(19)18-6-5-12(9-18)8-16-4/h10,12,16H,5-9H2,1-4H3. The zero-order chi connectivity index (χ0) is 14.7. The van der Waals surface area contributed by atoms with Crippen molar-refractivity contribution in [2.75, 3.05) is 26.7 Å². The van der Waals surface area contributed by atoms with E-state index < -0.39 is 0 Å². The van der Waals surface area contributed by atoms with E-state index in [1.54, 1.807) is 11.3 Å². The van der Waals surface area contributed by atoms with Gasteiger partial charge in [0, 0.05) is 13.1 Å². The van der Waals surface area contributed by atoms with Gasteiger partial charge in [0.1, 0.15) is 4.88 Å². The van der Waals surface area contributed by atoms with Crippen LogP contribution in [0.3, 0.4) is 0 Å². The summed E-state index contributed by atoms with van der Waals surface area (Å²) in [5, 5.41) is 4.20. The van der Waals surface area contributed by atoms with Crippen molar-refractivity contribution in [2.45, 2.75) is 33.6 Å². The lowest BCUT2D eigenvalue weighted by molar-refractivity contribution is 0.0790. The molecule has 0 aromatic carbocycles. The predicted octanol–water partition coefficient (Wildman–Crippen LogP) is 2.33. The van der Waals surface area contributed by atoms with Crippen LogP contribution >= 0.6 is 11.3 Å². The molecule has 1 aromatic rings. The third-order valence-corrected chi connectivity index (χ3v) is 4.67. The number of aryl methyl sites for hydroxylation is 1. The van der Waals surface area contributed by atoms with Crippen molar-refractivity contribution in [3.05, 3.63) is 15.6 Å². The number of nitrogens with zero attached hydrogens (tertiary/aromatic N) is 2. The van der Waals surface area contributed by atoms with Gasteiger partial charge in [0.2, 0.25) is 0 Å². The summed E-state index contributed by atoms with van der Waals surface area (Å²) in [5.74, 6) is 1.30. The van der Waals surface area contributed by atoms with Crippen LogP contribution in [0.2, 0.25) is 0 Å². The highest BCUT2D eigenvalue weighted by Crippen LogP contribution is 2.25. The second-order valence-corrected chi connectivity index (χ2v) is 7.27. The summed E-state index contributed by atoms with van der Waals surface area (Å²) in [6.07, 6.45) is 1.99. The van der Waals surface area contributed by atoms with Gasteiger partial charge in [0.25, 0.3) is 5.91 Å². The van der Waals surface area contributed by atoms with Crippen LogP contribution in [0.5, 0.6) is 0 Å². The Hall–Kier alpha value is -0.940. The molecular formula is C15H25N3OS. The molecule has 1 aliphatic rings. The van der Waals surface area contributed by atoms with E-state index in [1.807, 2.05) is 18.9 Å². The molecule has 0 bridgehead atoms. The van der Waals surface area contributed by atoms with E-state index in [1.165, 1.54) is 0 Å². The minimum absolute atomic E-state index is 0.185. The first-order chi connectivity index (χ1) is 9.51. The van der Waals surface area contributed by atoms with Crippen molar-refractivity contribution in [1.82, 2.24) is 15.2 Å². The lowest BCUT2D eigenvalue weighted by atomic mass is 10.1. The van der Waals surface area contributed by atoms with Gasteiger partial charge in [-0.15, -0.1) is 11.3 Å². The fourth-order valence-electron chi connectivity index (χ4n) is 2.78. The molecule has 1 atom stereocenters. The quantitative estimate of drug-likeness (QED) is 0.907. The first-order valence-electron chi connectivity index (χ1n) is 7.41. The number of amides is 1. The van der Waals surface area contributed by atoms with Crippen LogP contribution in [0, 0.1) is 18.8 Å². The molecule has 1 unspecified atom stereocenters. The highest BCUT2D eigenvalue weighted by Gasteiger charge is 2.29. The fourth-order valence-corrected chi connectivity index (χ4v) is 3.69. The van der Waals surface area contributed by atoms with Gasteiger partial charge in [-0.1, -0.05) is 13.8 Å². The average Bonchev–Trinajstić information content (AvgIpc) is 2.95. The Bertz CT molecular complexity index is 470. The van der Waals surface area contributed by atoms with Gasteiger partial charge in [0.15, 0.2) is 0 Å². The van der Waals surface area contributed by atoms with Gasteiger partial charge in [0.05, 0.1) is 10.7 Å². The molecule has 1 amide bonds. The third-order valence-electron chi connectivity index (χ3n) is 3.67. The van der Waals surface area contributed by atoms with Crippen molar-refractivity contribution in [3.8, 4) is 0 Å². The molecule has 2 rings (SSSR count). The Kier molecular flexibility index (Phi) is 5.16. The molecule has 1 fully saturated rings. The number of hydrogen-bond donors (Lipinski definition) is 1. The van der Waals surface area contributed by atoms with Crippen molar-refractivity contribution in [2.24, 2.45) is 11.8 Å². The van der Waals surface area contributed by atoms with Crippen molar-refractivity contribution in [1.29, 1.82) is 0 Å². The maximum atomic E-state index is 12.7.